The molecule has 2 aromatic rings. The van der Waals surface area contributed by atoms with Crippen LogP contribution in [0.2, 0.25) is 0 Å². The highest BCUT2D eigenvalue weighted by Gasteiger charge is 2.26. The fourth-order valence-electron chi connectivity index (χ4n) is 1.97. The van der Waals surface area contributed by atoms with Crippen LogP contribution in [-0.4, -0.2) is 32.7 Å². The zero-order valence-corrected chi connectivity index (χ0v) is 10.4. The number of carboxylic acid groups (broad SMARTS) is 1. The summed E-state index contributed by atoms with van der Waals surface area (Å²) >= 11 is 0. The van der Waals surface area contributed by atoms with E-state index in [2.05, 4.69) is 9.97 Å². The number of methoxy groups -OCH3 is 1. The Kier molecular flexibility index (Phi) is 2.70. The summed E-state index contributed by atoms with van der Waals surface area (Å²) in [5.41, 5.74) is 1.45. The smallest absolute Gasteiger partial charge is 0.356 e. The first kappa shape index (κ1) is 11.7. The van der Waals surface area contributed by atoms with Crippen molar-refractivity contribution < 1.29 is 14.6 Å². The van der Waals surface area contributed by atoms with Gasteiger partial charge in [0.25, 0.3) is 0 Å². The minimum absolute atomic E-state index is 0.0134. The van der Waals surface area contributed by atoms with Crippen LogP contribution in [-0.2, 0) is 0 Å². The first-order valence-corrected chi connectivity index (χ1v) is 6.00. The summed E-state index contributed by atoms with van der Waals surface area (Å²) in [6, 6.07) is 1.65. The van der Waals surface area contributed by atoms with Gasteiger partial charge < -0.3 is 14.4 Å². The molecule has 1 N–H and O–H groups in total. The lowest BCUT2D eigenvalue weighted by atomic mass is 10.2. The lowest BCUT2D eigenvalue weighted by molar-refractivity contribution is 0.0690. The van der Waals surface area contributed by atoms with E-state index in [4.69, 9.17) is 4.74 Å². The van der Waals surface area contributed by atoms with Crippen LogP contribution in [0.15, 0.2) is 24.8 Å². The number of hydrogen-bond donors (Lipinski definition) is 1. The Labute approximate surface area is 109 Å². The molecule has 0 atom stereocenters. The molecule has 0 saturated heterocycles. The van der Waals surface area contributed by atoms with E-state index in [1.807, 2.05) is 6.20 Å². The van der Waals surface area contributed by atoms with Crippen molar-refractivity contribution in [3.05, 3.63) is 36.2 Å². The van der Waals surface area contributed by atoms with E-state index in [1.165, 1.54) is 13.3 Å². The van der Waals surface area contributed by atoms with E-state index in [0.29, 0.717) is 17.4 Å². The van der Waals surface area contributed by atoms with Crippen LogP contribution in [0.3, 0.4) is 0 Å². The summed E-state index contributed by atoms with van der Waals surface area (Å²) in [6.45, 7) is 0. The van der Waals surface area contributed by atoms with E-state index in [9.17, 15) is 9.90 Å². The molecule has 2 aromatic heterocycles. The van der Waals surface area contributed by atoms with Crippen LogP contribution in [0, 0.1) is 0 Å². The number of hydrogen-bond acceptors (Lipinski definition) is 4. The van der Waals surface area contributed by atoms with Crippen molar-refractivity contribution in [2.75, 3.05) is 7.11 Å². The fourth-order valence-corrected chi connectivity index (χ4v) is 1.97. The van der Waals surface area contributed by atoms with Crippen molar-refractivity contribution in [3.63, 3.8) is 0 Å². The normalized spacial score (nSPS) is 14.4. The van der Waals surface area contributed by atoms with Crippen LogP contribution >= 0.6 is 0 Å². The molecule has 0 aromatic carbocycles. The Morgan fingerprint density at radius 2 is 2.26 bits per heavy atom. The van der Waals surface area contributed by atoms with Crippen LogP contribution in [0.25, 0.3) is 5.69 Å². The monoisotopic (exact) mass is 259 g/mol. The average Bonchev–Trinajstić information content (AvgIpc) is 3.15. The Morgan fingerprint density at radius 1 is 1.47 bits per heavy atom. The molecule has 0 bridgehead atoms. The molecular weight excluding hydrogens is 246 g/mol. The topological polar surface area (TPSA) is 77.2 Å². The third kappa shape index (κ3) is 2.16. The Morgan fingerprint density at radius 3 is 2.89 bits per heavy atom. The fraction of sp³-hybridized carbons (Fsp3) is 0.308. The molecular formula is C13H13N3O3. The SMILES string of the molecule is COc1cnc(C(=O)O)c(-n2cnc(C3CC3)c2)c1. The van der Waals surface area contributed by atoms with Gasteiger partial charge in [-0.3, -0.25) is 0 Å². The van der Waals surface area contributed by atoms with Gasteiger partial charge in [-0.25, -0.2) is 14.8 Å². The lowest BCUT2D eigenvalue weighted by Gasteiger charge is -2.08. The zero-order valence-electron chi connectivity index (χ0n) is 10.4. The Balaban J connectivity index is 2.06. The van der Waals surface area contributed by atoms with Gasteiger partial charge >= 0.3 is 5.97 Å². The lowest BCUT2D eigenvalue weighted by Crippen LogP contribution is -2.07. The molecule has 1 aliphatic carbocycles. The molecule has 6 nitrogen and oxygen atoms in total. The first-order chi connectivity index (χ1) is 9.19. The van der Waals surface area contributed by atoms with Crippen molar-refractivity contribution in [2.24, 2.45) is 0 Å². The summed E-state index contributed by atoms with van der Waals surface area (Å²) in [5.74, 6) is -0.0332. The number of aromatic nitrogens is 3. The second-order valence-electron chi connectivity index (χ2n) is 4.53. The average molecular weight is 259 g/mol. The molecule has 6 heteroatoms. The second kappa shape index (κ2) is 4.38. The van der Waals surface area contributed by atoms with Gasteiger partial charge in [-0.05, 0) is 12.8 Å². The maximum Gasteiger partial charge on any atom is 0.356 e. The largest absolute Gasteiger partial charge is 0.495 e. The molecule has 1 aliphatic rings. The number of rotatable bonds is 4. The minimum Gasteiger partial charge on any atom is -0.495 e. The highest BCUT2D eigenvalue weighted by Crippen LogP contribution is 2.39. The summed E-state index contributed by atoms with van der Waals surface area (Å²) in [7, 11) is 1.52. The standard InChI is InChI=1S/C13H13N3O3/c1-19-9-4-11(12(13(17)18)14-5-9)16-6-10(15-7-16)8-2-3-8/h4-8H,2-3H2,1H3,(H,17,18). The van der Waals surface area contributed by atoms with E-state index >= 15 is 0 Å². The van der Waals surface area contributed by atoms with Crippen molar-refractivity contribution in [1.29, 1.82) is 0 Å². The molecule has 0 unspecified atom stereocenters. The molecule has 1 fully saturated rings. The first-order valence-electron chi connectivity index (χ1n) is 6.00. The summed E-state index contributed by atoms with van der Waals surface area (Å²) < 4.78 is 6.78. The predicted octanol–water partition coefficient (Wildman–Crippen LogP) is 1.85. The van der Waals surface area contributed by atoms with Crippen LogP contribution in [0.1, 0.15) is 34.9 Å². The van der Waals surface area contributed by atoms with Gasteiger partial charge in [-0.15, -0.1) is 0 Å². The number of ether oxygens (including phenoxy) is 1. The second-order valence-corrected chi connectivity index (χ2v) is 4.53. The zero-order chi connectivity index (χ0) is 13.4. The Hall–Kier alpha value is -2.37. The van der Waals surface area contributed by atoms with E-state index in [-0.39, 0.29) is 5.69 Å². The third-order valence-corrected chi connectivity index (χ3v) is 3.16. The molecule has 98 valence electrons. The molecule has 1 saturated carbocycles. The number of aromatic carboxylic acids is 1. The number of nitrogens with zero attached hydrogens (tertiary/aromatic N) is 3. The third-order valence-electron chi connectivity index (χ3n) is 3.16. The number of carboxylic acids is 1. The predicted molar refractivity (Wildman–Crippen MR) is 66.8 cm³/mol. The molecule has 0 amide bonds. The van der Waals surface area contributed by atoms with Gasteiger partial charge in [-0.1, -0.05) is 0 Å². The molecule has 0 spiro atoms. The van der Waals surface area contributed by atoms with Gasteiger partial charge in [0.05, 0.1) is 31.0 Å². The van der Waals surface area contributed by atoms with Crippen molar-refractivity contribution in [3.8, 4) is 11.4 Å². The summed E-state index contributed by atoms with van der Waals surface area (Å²) in [5, 5.41) is 9.18. The molecule has 0 radical (unpaired) electrons. The number of pyridine rings is 1. The van der Waals surface area contributed by atoms with Gasteiger partial charge in [0.1, 0.15) is 5.75 Å². The maximum atomic E-state index is 11.2. The van der Waals surface area contributed by atoms with E-state index < -0.39 is 5.97 Å². The molecule has 19 heavy (non-hydrogen) atoms. The van der Waals surface area contributed by atoms with E-state index in [0.717, 1.165) is 18.5 Å². The van der Waals surface area contributed by atoms with Crippen molar-refractivity contribution in [2.45, 2.75) is 18.8 Å². The van der Waals surface area contributed by atoms with Crippen LogP contribution < -0.4 is 4.74 Å². The molecule has 0 aliphatic heterocycles. The van der Waals surface area contributed by atoms with Gasteiger partial charge in [0.2, 0.25) is 0 Å². The molecule has 2 heterocycles. The Bertz CT molecular complexity index is 632. The van der Waals surface area contributed by atoms with Gasteiger partial charge in [0.15, 0.2) is 5.69 Å². The highest BCUT2D eigenvalue weighted by molar-refractivity contribution is 5.89. The van der Waals surface area contributed by atoms with E-state index in [1.54, 1.807) is 17.0 Å². The maximum absolute atomic E-state index is 11.2. The minimum atomic E-state index is -1.07. The quantitative estimate of drug-likeness (QED) is 0.906. The van der Waals surface area contributed by atoms with Gasteiger partial charge in [0, 0.05) is 18.2 Å². The summed E-state index contributed by atoms with van der Waals surface area (Å²) in [4.78, 5) is 19.4. The van der Waals surface area contributed by atoms with Crippen LogP contribution in [0.5, 0.6) is 5.75 Å². The van der Waals surface area contributed by atoms with Crippen molar-refractivity contribution in [1.82, 2.24) is 14.5 Å². The van der Waals surface area contributed by atoms with Gasteiger partial charge in [-0.2, -0.15) is 0 Å². The molecule has 3 rings (SSSR count). The number of imidazole rings is 1. The van der Waals surface area contributed by atoms with Crippen molar-refractivity contribution >= 4 is 5.97 Å². The van der Waals surface area contributed by atoms with Crippen LogP contribution in [0.4, 0.5) is 0 Å². The highest BCUT2D eigenvalue weighted by atomic mass is 16.5. The summed E-state index contributed by atoms with van der Waals surface area (Å²) in [6.07, 6.45) is 7.18. The number of carbonyl (C=O) groups is 1.